The molecule has 0 aromatic heterocycles. The van der Waals surface area contributed by atoms with Gasteiger partial charge in [0.1, 0.15) is 0 Å². The lowest BCUT2D eigenvalue weighted by atomic mass is 9.84. The van der Waals surface area contributed by atoms with Crippen molar-refractivity contribution in [3.8, 4) is 0 Å². The van der Waals surface area contributed by atoms with E-state index in [0.717, 1.165) is 48.6 Å². The number of nitrogens with zero attached hydrogens (tertiary/aromatic N) is 2. The minimum atomic E-state index is -0.0116. The molecular weight excluding hydrogens is 597 g/mol. The minimum Gasteiger partial charge on any atom is -0.388 e. The first-order valence-corrected chi connectivity index (χ1v) is 18.9. The summed E-state index contributed by atoms with van der Waals surface area (Å²) in [5.41, 5.74) is 14.8. The van der Waals surface area contributed by atoms with Crippen molar-refractivity contribution in [2.45, 2.75) is 121 Å². The summed E-state index contributed by atoms with van der Waals surface area (Å²) in [5, 5.41) is 7.34. The van der Waals surface area contributed by atoms with Gasteiger partial charge in [-0.25, -0.2) is 0 Å². The van der Waals surface area contributed by atoms with Gasteiger partial charge >= 0.3 is 0 Å². The first-order valence-electron chi connectivity index (χ1n) is 18.9. The van der Waals surface area contributed by atoms with Gasteiger partial charge < -0.3 is 10.6 Å². The maximum absolute atomic E-state index is 4.60. The summed E-state index contributed by atoms with van der Waals surface area (Å²) >= 11 is 0. The summed E-state index contributed by atoms with van der Waals surface area (Å²) in [7, 11) is 0. The predicted octanol–water partition coefficient (Wildman–Crippen LogP) is 11.0. The number of rotatable bonds is 16. The van der Waals surface area contributed by atoms with E-state index in [1.807, 2.05) is 0 Å². The van der Waals surface area contributed by atoms with Crippen molar-refractivity contribution in [3.05, 3.63) is 105 Å². The number of benzene rings is 2. The van der Waals surface area contributed by atoms with Crippen molar-refractivity contribution < 1.29 is 0 Å². The molecule has 0 amide bonds. The highest BCUT2D eigenvalue weighted by Gasteiger charge is 2.22. The van der Waals surface area contributed by atoms with Gasteiger partial charge in [0, 0.05) is 47.7 Å². The van der Waals surface area contributed by atoms with E-state index in [1.54, 1.807) is 0 Å². The second kappa shape index (κ2) is 17.7. The van der Waals surface area contributed by atoms with E-state index in [0.29, 0.717) is 0 Å². The highest BCUT2D eigenvalue weighted by Crippen LogP contribution is 2.35. The largest absolute Gasteiger partial charge is 0.388 e. The summed E-state index contributed by atoms with van der Waals surface area (Å²) in [6.45, 7) is 43.1. The van der Waals surface area contributed by atoms with Crippen LogP contribution in [0.15, 0.2) is 72.1 Å². The molecule has 1 aliphatic heterocycles. The second-order valence-electron chi connectivity index (χ2n) is 16.6. The molecule has 0 aliphatic carbocycles. The monoisotopic (exact) mass is 667 g/mol. The molecule has 0 spiro atoms. The zero-order chi connectivity index (χ0) is 36.5. The van der Waals surface area contributed by atoms with Crippen molar-refractivity contribution in [3.63, 3.8) is 0 Å². The van der Waals surface area contributed by atoms with Gasteiger partial charge in [-0.05, 0) is 136 Å². The van der Waals surface area contributed by atoms with Gasteiger partial charge in [0.15, 0.2) is 0 Å². The number of nitrogens with one attached hydrogen (secondary N) is 2. The third-order valence-corrected chi connectivity index (χ3v) is 10.2. The molecule has 1 fully saturated rings. The molecule has 1 heterocycles. The van der Waals surface area contributed by atoms with Crippen LogP contribution in [0.4, 0.5) is 5.69 Å². The first kappa shape index (κ1) is 40.4. The van der Waals surface area contributed by atoms with Crippen LogP contribution in [0.2, 0.25) is 0 Å². The fourth-order valence-electron chi connectivity index (χ4n) is 6.72. The van der Waals surface area contributed by atoms with Gasteiger partial charge in [0.05, 0.1) is 6.67 Å². The van der Waals surface area contributed by atoms with Crippen molar-refractivity contribution >= 4 is 11.3 Å². The van der Waals surface area contributed by atoms with E-state index in [-0.39, 0.29) is 10.8 Å². The Labute approximate surface area is 301 Å². The highest BCUT2D eigenvalue weighted by atomic mass is 15.4. The molecule has 0 saturated carbocycles. The van der Waals surface area contributed by atoms with Gasteiger partial charge in [-0.3, -0.25) is 9.80 Å². The molecule has 4 heteroatoms. The Balaban J connectivity index is 1.80. The normalized spacial score (nSPS) is 14.7. The summed E-state index contributed by atoms with van der Waals surface area (Å²) in [6.07, 6.45) is 8.02. The lowest BCUT2D eigenvalue weighted by Crippen LogP contribution is -2.27. The van der Waals surface area contributed by atoms with Crippen molar-refractivity contribution in [1.29, 1.82) is 0 Å². The van der Waals surface area contributed by atoms with E-state index >= 15 is 0 Å². The summed E-state index contributed by atoms with van der Waals surface area (Å²) in [6, 6.07) is 11.5. The Morgan fingerprint density at radius 3 is 2.04 bits per heavy atom. The van der Waals surface area contributed by atoms with E-state index in [9.17, 15) is 0 Å². The topological polar surface area (TPSA) is 30.5 Å². The van der Waals surface area contributed by atoms with Crippen LogP contribution in [0.5, 0.6) is 0 Å². The van der Waals surface area contributed by atoms with E-state index in [1.165, 1.54) is 90.1 Å². The van der Waals surface area contributed by atoms with Crippen LogP contribution in [0.3, 0.4) is 0 Å². The molecule has 49 heavy (non-hydrogen) atoms. The quantitative estimate of drug-likeness (QED) is 0.175. The van der Waals surface area contributed by atoms with Crippen LogP contribution in [-0.4, -0.2) is 49.2 Å². The van der Waals surface area contributed by atoms with Gasteiger partial charge in [-0.1, -0.05) is 91.8 Å². The number of allylic oxidation sites excluding steroid dienone is 5. The third kappa shape index (κ3) is 11.5. The Morgan fingerprint density at radius 1 is 0.857 bits per heavy atom. The standard InChI is InChI=1S/C45H70N4/c1-15-17-24-48-26-27-49(31-48)25-18-19-37-20-21-38(35(7)34(37)6)29-40(32(3)4)36(8)47-42-23-22-39(44(9,10)11)30-41(42)33(5)28-43(46-16-2)45(12,13)14/h20-23,28,30,46-47H,5,8,15-19,24-27,29,31H2,1-4,6-7,9-14H3/b43-28-. The Hall–Kier alpha value is -3.08. The maximum Gasteiger partial charge on any atom is 0.0507 e. The van der Waals surface area contributed by atoms with Crippen LogP contribution in [0, 0.1) is 19.3 Å². The molecular formula is C45H70N4. The fourth-order valence-corrected chi connectivity index (χ4v) is 6.72. The molecule has 2 aromatic carbocycles. The molecule has 0 radical (unpaired) electrons. The molecule has 0 bridgehead atoms. The van der Waals surface area contributed by atoms with Crippen LogP contribution < -0.4 is 10.6 Å². The Morgan fingerprint density at radius 2 is 1.47 bits per heavy atom. The van der Waals surface area contributed by atoms with Gasteiger partial charge in [-0.15, -0.1) is 0 Å². The average Bonchev–Trinajstić information content (AvgIpc) is 3.47. The van der Waals surface area contributed by atoms with Crippen LogP contribution in [0.1, 0.15) is 122 Å². The number of unbranched alkanes of at least 4 members (excludes halogenated alkanes) is 1. The second-order valence-corrected chi connectivity index (χ2v) is 16.6. The Bertz CT molecular complexity index is 1500. The lowest BCUT2D eigenvalue weighted by Gasteiger charge is -2.26. The van der Waals surface area contributed by atoms with Gasteiger partial charge in [0.2, 0.25) is 0 Å². The van der Waals surface area contributed by atoms with Gasteiger partial charge in [0.25, 0.3) is 0 Å². The fraction of sp³-hybridized carbons (Fsp3) is 0.556. The van der Waals surface area contributed by atoms with Crippen molar-refractivity contribution in [2.24, 2.45) is 5.41 Å². The highest BCUT2D eigenvalue weighted by molar-refractivity contribution is 5.83. The van der Waals surface area contributed by atoms with E-state index in [2.05, 4.69) is 153 Å². The molecule has 1 saturated heterocycles. The molecule has 4 nitrogen and oxygen atoms in total. The Kier molecular flexibility index (Phi) is 14.6. The third-order valence-electron chi connectivity index (χ3n) is 10.2. The summed E-state index contributed by atoms with van der Waals surface area (Å²) < 4.78 is 0. The van der Waals surface area contributed by atoms with E-state index < -0.39 is 0 Å². The average molecular weight is 667 g/mol. The maximum atomic E-state index is 4.60. The van der Waals surface area contributed by atoms with Crippen molar-refractivity contribution in [2.75, 3.05) is 44.7 Å². The predicted molar refractivity (Wildman–Crippen MR) is 217 cm³/mol. The SMILES string of the molecule is C=C(Nc1ccc(C(C)(C)C)cc1C(=C)/C=C(\NCC)C(C)(C)C)C(Cc1ccc(CCCN2CCN(CCCC)C2)c(C)c1C)=C(C)C. The molecule has 3 rings (SSSR count). The molecule has 270 valence electrons. The summed E-state index contributed by atoms with van der Waals surface area (Å²) in [5.74, 6) is 0. The zero-order valence-electron chi connectivity index (χ0n) is 33.6. The first-order chi connectivity index (χ1) is 23.0. The number of anilines is 1. The molecule has 2 N–H and O–H groups in total. The van der Waals surface area contributed by atoms with E-state index in [4.69, 9.17) is 0 Å². The molecule has 1 aliphatic rings. The van der Waals surface area contributed by atoms with Crippen LogP contribution in [0.25, 0.3) is 5.57 Å². The van der Waals surface area contributed by atoms with Crippen LogP contribution in [-0.2, 0) is 18.3 Å². The summed E-state index contributed by atoms with van der Waals surface area (Å²) in [4.78, 5) is 5.24. The number of aryl methyl sites for hydroxylation is 1. The lowest BCUT2D eigenvalue weighted by molar-refractivity contribution is 0.242. The number of hydrogen-bond donors (Lipinski definition) is 2. The molecule has 0 unspecified atom stereocenters. The smallest absolute Gasteiger partial charge is 0.0507 e. The molecule has 2 aromatic rings. The van der Waals surface area contributed by atoms with Crippen LogP contribution >= 0.6 is 0 Å². The zero-order valence-corrected chi connectivity index (χ0v) is 33.6. The minimum absolute atomic E-state index is 0.0116. The van der Waals surface area contributed by atoms with Gasteiger partial charge in [-0.2, -0.15) is 0 Å². The number of hydrogen-bond acceptors (Lipinski definition) is 4. The van der Waals surface area contributed by atoms with Crippen molar-refractivity contribution in [1.82, 2.24) is 15.1 Å². The molecule has 0 atom stereocenters.